The summed E-state index contributed by atoms with van der Waals surface area (Å²) in [6.07, 6.45) is 3.91. The van der Waals surface area contributed by atoms with Crippen LogP contribution >= 0.6 is 11.3 Å². The van der Waals surface area contributed by atoms with Crippen molar-refractivity contribution in [1.82, 2.24) is 19.9 Å². The Morgan fingerprint density at radius 2 is 1.89 bits per heavy atom. The van der Waals surface area contributed by atoms with Crippen LogP contribution in [0.5, 0.6) is 0 Å². The van der Waals surface area contributed by atoms with Gasteiger partial charge in [0.05, 0.1) is 6.04 Å². The Morgan fingerprint density at radius 3 is 2.61 bits per heavy atom. The molecule has 1 aliphatic rings. The summed E-state index contributed by atoms with van der Waals surface area (Å²) in [5.41, 5.74) is 0.0429. The predicted octanol–water partition coefficient (Wildman–Crippen LogP) is 5.58. The third kappa shape index (κ3) is 5.84. The molecule has 0 saturated carbocycles. The van der Waals surface area contributed by atoms with Crippen molar-refractivity contribution in [2.75, 3.05) is 24.2 Å². The number of nitrogens with one attached hydrogen (secondary N) is 2. The van der Waals surface area contributed by atoms with Gasteiger partial charge in [-0.2, -0.15) is 13.8 Å². The molecule has 1 saturated heterocycles. The smallest absolute Gasteiger partial charge is 0.315 e. The van der Waals surface area contributed by atoms with Crippen LogP contribution in [0.4, 0.5) is 30.1 Å². The number of carbonyl (C=O) groups is 1. The van der Waals surface area contributed by atoms with Gasteiger partial charge in [-0.05, 0) is 56.3 Å². The van der Waals surface area contributed by atoms with Crippen LogP contribution in [0.25, 0.3) is 0 Å². The molecule has 2 aromatic heterocycles. The molecule has 1 atom stereocenters. The first-order valence-corrected chi connectivity index (χ1v) is 12.9. The van der Waals surface area contributed by atoms with Crippen molar-refractivity contribution in [3.05, 3.63) is 94.4 Å². The third-order valence-corrected chi connectivity index (χ3v) is 7.24. The van der Waals surface area contributed by atoms with Gasteiger partial charge in [0.25, 0.3) is 0 Å². The molecule has 2 aromatic carbocycles. The van der Waals surface area contributed by atoms with Gasteiger partial charge in [0.1, 0.15) is 17.3 Å². The number of likely N-dealkylation sites (tertiary alicyclic amines) is 1. The Balaban J connectivity index is 1.44. The maximum absolute atomic E-state index is 15.5. The van der Waals surface area contributed by atoms with Gasteiger partial charge in [-0.1, -0.05) is 30.3 Å². The number of rotatable bonds is 8. The molecule has 196 valence electrons. The average molecular weight is 539 g/mol. The fourth-order valence-electron chi connectivity index (χ4n) is 4.32. The Morgan fingerprint density at radius 1 is 1.13 bits per heavy atom. The summed E-state index contributed by atoms with van der Waals surface area (Å²) in [5.74, 6) is -4.76. The van der Waals surface area contributed by atoms with Crippen LogP contribution in [0.15, 0.2) is 66.9 Å². The van der Waals surface area contributed by atoms with Crippen LogP contribution in [0.1, 0.15) is 34.5 Å². The Hall–Kier alpha value is -3.83. The number of nitrogens with zero attached hydrogens (tertiary/aromatic N) is 4. The zero-order chi connectivity index (χ0) is 26.7. The number of benzene rings is 2. The van der Waals surface area contributed by atoms with E-state index in [0.29, 0.717) is 18.0 Å². The molecule has 5 rings (SSSR count). The van der Waals surface area contributed by atoms with Crippen LogP contribution < -0.4 is 10.6 Å². The molecular weight excluding hydrogens is 513 g/mol. The van der Waals surface area contributed by atoms with Gasteiger partial charge in [-0.25, -0.2) is 14.4 Å². The van der Waals surface area contributed by atoms with Gasteiger partial charge < -0.3 is 5.32 Å². The number of likely N-dealkylation sites (N-methyl/N-ethyl adjacent to an activating group) is 1. The predicted molar refractivity (Wildman–Crippen MR) is 140 cm³/mol. The summed E-state index contributed by atoms with van der Waals surface area (Å²) in [6, 6.07) is 14.5. The number of hydrogen-bond donors (Lipinski definition) is 2. The summed E-state index contributed by atoms with van der Waals surface area (Å²) in [5, 5.41) is 6.03. The van der Waals surface area contributed by atoms with Crippen molar-refractivity contribution in [3.8, 4) is 0 Å². The molecule has 11 heteroatoms. The number of thiazole rings is 1. The lowest BCUT2D eigenvalue weighted by Gasteiger charge is -2.20. The fourth-order valence-corrected chi connectivity index (χ4v) is 5.18. The molecule has 2 N–H and O–H groups in total. The lowest BCUT2D eigenvalue weighted by molar-refractivity contribution is -0.120. The third-order valence-electron chi connectivity index (χ3n) is 6.32. The lowest BCUT2D eigenvalue weighted by Crippen LogP contribution is -2.37. The minimum Gasteiger partial charge on any atom is -0.316 e. The highest BCUT2D eigenvalue weighted by Crippen LogP contribution is 2.36. The number of carbonyl (C=O) groups excluding carboxylic acids is 1. The first kappa shape index (κ1) is 25.8. The molecule has 38 heavy (non-hydrogen) atoms. The molecule has 0 aliphatic carbocycles. The lowest BCUT2D eigenvalue weighted by atomic mass is 10.1. The molecule has 7 nitrogen and oxygen atoms in total. The van der Waals surface area contributed by atoms with E-state index in [0.717, 1.165) is 53.7 Å². The maximum Gasteiger partial charge on any atom is 0.315 e. The fraction of sp³-hybridized carbons (Fsp3) is 0.259. The highest BCUT2D eigenvalue weighted by Gasteiger charge is 2.37. The summed E-state index contributed by atoms with van der Waals surface area (Å²) in [4.78, 5) is 28.3. The summed E-state index contributed by atoms with van der Waals surface area (Å²) in [7, 11) is 1.83. The first-order valence-electron chi connectivity index (χ1n) is 12.1. The summed E-state index contributed by atoms with van der Waals surface area (Å²) >= 11 is 1.37. The van der Waals surface area contributed by atoms with Crippen molar-refractivity contribution in [3.63, 3.8) is 0 Å². The number of anilines is 3. The first-order chi connectivity index (χ1) is 18.3. The minimum atomic E-state index is -3.57. The highest BCUT2D eigenvalue weighted by atomic mass is 32.1. The second-order valence-corrected chi connectivity index (χ2v) is 10.2. The van der Waals surface area contributed by atoms with Gasteiger partial charge in [-0.3, -0.25) is 15.0 Å². The van der Waals surface area contributed by atoms with E-state index in [1.54, 1.807) is 6.20 Å². The van der Waals surface area contributed by atoms with Crippen molar-refractivity contribution in [2.45, 2.75) is 31.2 Å². The molecular formula is C27H25F3N6OS. The van der Waals surface area contributed by atoms with Crippen molar-refractivity contribution >= 4 is 34.1 Å². The normalized spacial score (nSPS) is 15.9. The van der Waals surface area contributed by atoms with E-state index in [9.17, 15) is 9.18 Å². The van der Waals surface area contributed by atoms with Crippen LogP contribution in [-0.4, -0.2) is 45.4 Å². The SMILES string of the molecule is CN1CCC[C@H]1C(=O)Nc1nc(Nc2ncc(Cc3ccccc3)s2)cc(C(F)(F)c2ccc(F)cc2)n1. The van der Waals surface area contributed by atoms with Gasteiger partial charge in [0.2, 0.25) is 11.9 Å². The Labute approximate surface area is 221 Å². The zero-order valence-electron chi connectivity index (χ0n) is 20.5. The molecule has 0 unspecified atom stereocenters. The second-order valence-electron chi connectivity index (χ2n) is 9.09. The molecule has 1 aliphatic heterocycles. The topological polar surface area (TPSA) is 83.0 Å². The van der Waals surface area contributed by atoms with E-state index in [2.05, 4.69) is 25.6 Å². The van der Waals surface area contributed by atoms with Crippen LogP contribution in [0.2, 0.25) is 0 Å². The molecule has 1 fully saturated rings. The summed E-state index contributed by atoms with van der Waals surface area (Å²) in [6.45, 7) is 0.768. The second kappa shape index (κ2) is 10.9. The highest BCUT2D eigenvalue weighted by molar-refractivity contribution is 7.15. The number of hydrogen-bond acceptors (Lipinski definition) is 7. The average Bonchev–Trinajstić information content (AvgIpc) is 3.53. The summed E-state index contributed by atoms with van der Waals surface area (Å²) < 4.78 is 44.4. The maximum atomic E-state index is 15.5. The molecule has 0 radical (unpaired) electrons. The van der Waals surface area contributed by atoms with Crippen LogP contribution in [0, 0.1) is 5.82 Å². The largest absolute Gasteiger partial charge is 0.316 e. The standard InChI is InChI=1S/C27H25F3N6OS/c1-36-13-5-8-21(36)24(37)35-25-32-22(27(29,30)18-9-11-19(28)12-10-18)15-23(33-25)34-26-31-16-20(38-26)14-17-6-3-2-4-7-17/h2-4,6-7,9-12,15-16,21H,5,8,13-14H2,1H3,(H2,31,32,33,34,35,37)/t21-/m0/s1. The van der Waals surface area contributed by atoms with E-state index in [1.807, 2.05) is 42.3 Å². The van der Waals surface area contributed by atoms with Crippen molar-refractivity contribution in [2.24, 2.45) is 0 Å². The monoisotopic (exact) mass is 538 g/mol. The molecule has 0 bridgehead atoms. The van der Waals surface area contributed by atoms with E-state index in [-0.39, 0.29) is 17.7 Å². The zero-order valence-corrected chi connectivity index (χ0v) is 21.3. The van der Waals surface area contributed by atoms with Crippen LogP contribution in [0.3, 0.4) is 0 Å². The van der Waals surface area contributed by atoms with Gasteiger partial charge in [0.15, 0.2) is 5.13 Å². The number of aromatic nitrogens is 3. The van der Waals surface area contributed by atoms with E-state index in [1.165, 1.54) is 11.3 Å². The van der Waals surface area contributed by atoms with Crippen LogP contribution in [-0.2, 0) is 17.1 Å². The number of alkyl halides is 2. The number of amides is 1. The van der Waals surface area contributed by atoms with E-state index >= 15 is 8.78 Å². The van der Waals surface area contributed by atoms with Gasteiger partial charge in [-0.15, -0.1) is 11.3 Å². The van der Waals surface area contributed by atoms with E-state index in [4.69, 9.17) is 0 Å². The molecule has 1 amide bonds. The van der Waals surface area contributed by atoms with Gasteiger partial charge >= 0.3 is 5.92 Å². The Kier molecular flexibility index (Phi) is 7.39. The van der Waals surface area contributed by atoms with Gasteiger partial charge in [0, 0.05) is 29.1 Å². The molecule has 4 aromatic rings. The van der Waals surface area contributed by atoms with Crippen molar-refractivity contribution in [1.29, 1.82) is 0 Å². The quantitative estimate of drug-likeness (QED) is 0.305. The van der Waals surface area contributed by atoms with Crippen molar-refractivity contribution < 1.29 is 18.0 Å². The molecule has 3 heterocycles. The number of halogens is 3. The molecule has 0 spiro atoms. The minimum absolute atomic E-state index is 0.0486. The van der Waals surface area contributed by atoms with E-state index < -0.39 is 29.0 Å². The Bertz CT molecular complexity index is 1410.